The second-order valence-electron chi connectivity index (χ2n) is 4.27. The third-order valence-electron chi connectivity index (χ3n) is 2.97. The Hall–Kier alpha value is -0.630. The Morgan fingerprint density at radius 3 is 2.07 bits per heavy atom. The lowest BCUT2D eigenvalue weighted by molar-refractivity contribution is 0.112. The SMILES string of the molecule is [C-]#[N+]C1(C(C)(C)F)CCS(=O)(=O)CC1. The Morgan fingerprint density at radius 2 is 1.79 bits per heavy atom. The van der Waals surface area contributed by atoms with Gasteiger partial charge in [0.1, 0.15) is 0 Å². The molecule has 0 aromatic carbocycles. The van der Waals surface area contributed by atoms with Gasteiger partial charge in [-0.15, -0.1) is 0 Å². The minimum atomic E-state index is -3.03. The second kappa shape index (κ2) is 3.20. The molecule has 0 spiro atoms. The topological polar surface area (TPSA) is 38.5 Å². The van der Waals surface area contributed by atoms with Crippen molar-refractivity contribution < 1.29 is 12.8 Å². The van der Waals surface area contributed by atoms with Crippen LogP contribution in [0.5, 0.6) is 0 Å². The smallest absolute Gasteiger partial charge is 0.267 e. The van der Waals surface area contributed by atoms with Crippen LogP contribution in [-0.4, -0.2) is 31.1 Å². The first-order valence-electron chi connectivity index (χ1n) is 4.50. The van der Waals surface area contributed by atoms with Crippen molar-refractivity contribution in [1.82, 2.24) is 0 Å². The fourth-order valence-electron chi connectivity index (χ4n) is 1.71. The number of rotatable bonds is 1. The quantitative estimate of drug-likeness (QED) is 0.628. The maximum atomic E-state index is 13.8. The minimum absolute atomic E-state index is 0.0667. The number of nitrogens with zero attached hydrogens (tertiary/aromatic N) is 1. The molecule has 1 fully saturated rings. The maximum Gasteiger partial charge on any atom is 0.267 e. The van der Waals surface area contributed by atoms with E-state index in [0.717, 1.165) is 0 Å². The molecule has 0 aromatic rings. The summed E-state index contributed by atoms with van der Waals surface area (Å²) in [5.74, 6) is -0.133. The second-order valence-corrected chi connectivity index (χ2v) is 6.57. The van der Waals surface area contributed by atoms with Gasteiger partial charge in [0.2, 0.25) is 0 Å². The Kier molecular flexibility index (Phi) is 2.61. The van der Waals surface area contributed by atoms with Gasteiger partial charge in [0, 0.05) is 12.8 Å². The number of hydrogen-bond donors (Lipinski definition) is 0. The monoisotopic (exact) mass is 219 g/mol. The molecule has 0 aromatic heterocycles. The molecule has 14 heavy (non-hydrogen) atoms. The van der Waals surface area contributed by atoms with Crippen LogP contribution in [0.2, 0.25) is 0 Å². The van der Waals surface area contributed by atoms with E-state index in [1.165, 1.54) is 13.8 Å². The summed E-state index contributed by atoms with van der Waals surface area (Å²) in [5, 5.41) is 0. The molecule has 1 rings (SSSR count). The van der Waals surface area contributed by atoms with E-state index >= 15 is 0 Å². The molecule has 0 amide bonds. The van der Waals surface area contributed by atoms with Crippen molar-refractivity contribution in [2.24, 2.45) is 0 Å². The lowest BCUT2D eigenvalue weighted by atomic mass is 9.79. The van der Waals surface area contributed by atoms with Gasteiger partial charge in [-0.1, -0.05) is 0 Å². The van der Waals surface area contributed by atoms with Crippen LogP contribution in [0.1, 0.15) is 26.7 Å². The van der Waals surface area contributed by atoms with Crippen molar-refractivity contribution in [3.63, 3.8) is 0 Å². The molecule has 0 atom stereocenters. The molecule has 0 N–H and O–H groups in total. The van der Waals surface area contributed by atoms with Gasteiger partial charge < -0.3 is 4.85 Å². The molecule has 1 saturated heterocycles. The molecule has 5 heteroatoms. The average molecular weight is 219 g/mol. The Morgan fingerprint density at radius 1 is 1.36 bits per heavy atom. The van der Waals surface area contributed by atoms with Gasteiger partial charge in [-0.05, 0) is 13.8 Å². The molecule has 1 aliphatic rings. The molecule has 3 nitrogen and oxygen atoms in total. The summed E-state index contributed by atoms with van der Waals surface area (Å²) in [6.07, 6.45) is 0.227. The first kappa shape index (κ1) is 11.4. The van der Waals surface area contributed by atoms with Gasteiger partial charge in [0.25, 0.3) is 5.54 Å². The van der Waals surface area contributed by atoms with E-state index in [-0.39, 0.29) is 24.3 Å². The third kappa shape index (κ3) is 1.90. The molecule has 1 aliphatic heterocycles. The lowest BCUT2D eigenvalue weighted by Crippen LogP contribution is -2.49. The third-order valence-corrected chi connectivity index (χ3v) is 4.63. The van der Waals surface area contributed by atoms with Crippen LogP contribution in [0.15, 0.2) is 0 Å². The molecular weight excluding hydrogens is 205 g/mol. The van der Waals surface area contributed by atoms with Crippen molar-refractivity contribution in [2.45, 2.75) is 37.9 Å². The summed E-state index contributed by atoms with van der Waals surface area (Å²) >= 11 is 0. The molecule has 1 heterocycles. The number of halogens is 1. The van der Waals surface area contributed by atoms with Gasteiger partial charge in [0.15, 0.2) is 15.5 Å². The van der Waals surface area contributed by atoms with Crippen molar-refractivity contribution in [2.75, 3.05) is 11.5 Å². The molecule has 0 saturated carbocycles. The Bertz CT molecular complexity index is 347. The van der Waals surface area contributed by atoms with Crippen LogP contribution >= 0.6 is 0 Å². The van der Waals surface area contributed by atoms with Gasteiger partial charge >= 0.3 is 0 Å². The van der Waals surface area contributed by atoms with E-state index in [0.29, 0.717) is 0 Å². The Labute approximate surface area is 84.0 Å². The van der Waals surface area contributed by atoms with Crippen LogP contribution < -0.4 is 0 Å². The molecular formula is C9H14FNO2S. The fourth-order valence-corrected chi connectivity index (χ4v) is 3.22. The van der Waals surface area contributed by atoms with Gasteiger partial charge in [-0.25, -0.2) is 19.4 Å². The average Bonchev–Trinajstić information content (AvgIpc) is 2.03. The molecule has 0 unspecified atom stereocenters. The summed E-state index contributed by atoms with van der Waals surface area (Å²) in [6, 6.07) is 0. The van der Waals surface area contributed by atoms with Crippen molar-refractivity contribution in [1.29, 1.82) is 0 Å². The Balaban J connectivity index is 2.95. The van der Waals surface area contributed by atoms with Crippen molar-refractivity contribution in [3.05, 3.63) is 11.4 Å². The van der Waals surface area contributed by atoms with Crippen LogP contribution in [0, 0.1) is 6.57 Å². The highest BCUT2D eigenvalue weighted by Gasteiger charge is 2.55. The number of sulfone groups is 1. The van der Waals surface area contributed by atoms with Gasteiger partial charge in [0.05, 0.1) is 11.5 Å². The highest BCUT2D eigenvalue weighted by molar-refractivity contribution is 7.91. The van der Waals surface area contributed by atoms with E-state index in [1.54, 1.807) is 0 Å². The summed E-state index contributed by atoms with van der Waals surface area (Å²) in [4.78, 5) is 3.33. The van der Waals surface area contributed by atoms with Crippen LogP contribution in [0.3, 0.4) is 0 Å². The maximum absolute atomic E-state index is 13.8. The highest BCUT2D eigenvalue weighted by Crippen LogP contribution is 2.39. The van der Waals surface area contributed by atoms with E-state index in [2.05, 4.69) is 4.85 Å². The zero-order chi connectivity index (χ0) is 11.0. The largest absolute Gasteiger partial charge is 0.307 e. The molecule has 0 bridgehead atoms. The summed E-state index contributed by atoms with van der Waals surface area (Å²) in [7, 11) is -3.03. The predicted octanol–water partition coefficient (Wildman–Crippen LogP) is 1.60. The van der Waals surface area contributed by atoms with Crippen LogP contribution in [-0.2, 0) is 9.84 Å². The van der Waals surface area contributed by atoms with Crippen LogP contribution in [0.25, 0.3) is 4.85 Å². The number of hydrogen-bond acceptors (Lipinski definition) is 2. The van der Waals surface area contributed by atoms with E-state index in [4.69, 9.17) is 6.57 Å². The van der Waals surface area contributed by atoms with Gasteiger partial charge in [-0.3, -0.25) is 0 Å². The normalized spacial score (nSPS) is 25.3. The van der Waals surface area contributed by atoms with Crippen molar-refractivity contribution >= 4 is 9.84 Å². The van der Waals surface area contributed by atoms with E-state index < -0.39 is 21.0 Å². The summed E-state index contributed by atoms with van der Waals surface area (Å²) in [5.41, 5.74) is -2.77. The first-order chi connectivity index (χ1) is 6.22. The fraction of sp³-hybridized carbons (Fsp3) is 0.889. The zero-order valence-corrected chi connectivity index (χ0v) is 9.19. The minimum Gasteiger partial charge on any atom is -0.307 e. The van der Waals surface area contributed by atoms with Gasteiger partial charge in [-0.2, -0.15) is 0 Å². The predicted molar refractivity (Wildman–Crippen MR) is 52.4 cm³/mol. The summed E-state index contributed by atoms with van der Waals surface area (Å²) in [6.45, 7) is 9.72. The summed E-state index contributed by atoms with van der Waals surface area (Å²) < 4.78 is 36.1. The molecule has 0 aliphatic carbocycles. The standard InChI is InChI=1S/C9H14FNO2S/c1-8(2,10)9(11-3)4-6-14(12,13)7-5-9/h4-7H2,1-2H3. The zero-order valence-electron chi connectivity index (χ0n) is 8.38. The van der Waals surface area contributed by atoms with Crippen LogP contribution in [0.4, 0.5) is 4.39 Å². The van der Waals surface area contributed by atoms with Crippen molar-refractivity contribution in [3.8, 4) is 0 Å². The highest BCUT2D eigenvalue weighted by atomic mass is 32.2. The molecule has 0 radical (unpaired) electrons. The van der Waals surface area contributed by atoms with E-state index in [9.17, 15) is 12.8 Å². The van der Waals surface area contributed by atoms with E-state index in [1.807, 2.05) is 0 Å². The first-order valence-corrected chi connectivity index (χ1v) is 6.33. The number of alkyl halides is 1. The lowest BCUT2D eigenvalue weighted by Gasteiger charge is -2.33. The molecule has 80 valence electrons.